The van der Waals surface area contributed by atoms with Gasteiger partial charge in [-0.2, -0.15) is 4.21 Å². The summed E-state index contributed by atoms with van der Waals surface area (Å²) in [7, 11) is 0. The molecule has 0 amide bonds. The van der Waals surface area contributed by atoms with Gasteiger partial charge in [-0.25, -0.2) is 0 Å². The lowest BCUT2D eigenvalue weighted by Crippen LogP contribution is -2.20. The lowest BCUT2D eigenvalue weighted by molar-refractivity contribution is 0.0979. The molecule has 100 valence electrons. The first kappa shape index (κ1) is 12.7. The van der Waals surface area contributed by atoms with Crippen molar-refractivity contribution in [1.82, 2.24) is 0 Å². The van der Waals surface area contributed by atoms with Crippen LogP contribution in [0.25, 0.3) is 0 Å². The molecule has 1 aliphatic carbocycles. The third-order valence-corrected chi connectivity index (χ3v) is 3.40. The van der Waals surface area contributed by atoms with Gasteiger partial charge in [-0.3, -0.25) is 14.1 Å². The molecule has 3 rings (SSSR count). The van der Waals surface area contributed by atoms with Crippen LogP contribution in [0.5, 0.6) is 5.75 Å². The van der Waals surface area contributed by atoms with Crippen LogP contribution in [0.3, 0.4) is 0 Å². The highest BCUT2D eigenvalue weighted by Crippen LogP contribution is 2.29. The summed E-state index contributed by atoms with van der Waals surface area (Å²) >= 11 is -2.48. The smallest absolute Gasteiger partial charge is 0.357 e. The maximum absolute atomic E-state index is 12.3. The van der Waals surface area contributed by atoms with Gasteiger partial charge >= 0.3 is 11.4 Å². The largest absolute Gasteiger partial charge is 0.380 e. The number of carbonyl (C=O) groups excluding carboxylic acids is 2. The molecule has 0 saturated carbocycles. The van der Waals surface area contributed by atoms with E-state index in [1.807, 2.05) is 0 Å². The summed E-state index contributed by atoms with van der Waals surface area (Å²) in [6, 6.07) is 10.7. The average molecular weight is 288 g/mol. The summed E-state index contributed by atoms with van der Waals surface area (Å²) < 4.78 is 23.9. The zero-order chi connectivity index (χ0) is 14.3. The highest BCUT2D eigenvalue weighted by atomic mass is 32.2. The van der Waals surface area contributed by atoms with Crippen LogP contribution in [-0.4, -0.2) is 20.3 Å². The number of ketones is 2. The first-order chi connectivity index (χ1) is 9.58. The molecule has 0 saturated heterocycles. The van der Waals surface area contributed by atoms with Crippen LogP contribution >= 0.6 is 0 Å². The minimum absolute atomic E-state index is 0.0603. The van der Waals surface area contributed by atoms with Crippen molar-refractivity contribution < 1.29 is 22.5 Å². The Labute approximate surface area is 116 Å². The average Bonchev–Trinajstić information content (AvgIpc) is 2.44. The summed E-state index contributed by atoms with van der Waals surface area (Å²) in [4.78, 5) is 24.6. The lowest BCUT2D eigenvalue weighted by Gasteiger charge is -2.17. The van der Waals surface area contributed by atoms with Crippen LogP contribution in [0.4, 0.5) is 0 Å². The Morgan fingerprint density at radius 3 is 2.00 bits per heavy atom. The zero-order valence-electron chi connectivity index (χ0n) is 10.0. The number of carbonyl (C=O) groups is 2. The van der Waals surface area contributed by atoms with Crippen molar-refractivity contribution in [3.63, 3.8) is 0 Å². The van der Waals surface area contributed by atoms with Gasteiger partial charge in [0, 0.05) is 22.3 Å². The van der Waals surface area contributed by atoms with Crippen molar-refractivity contribution in [2.24, 2.45) is 0 Å². The Kier molecular flexibility index (Phi) is 2.96. The molecule has 0 fully saturated rings. The third kappa shape index (κ3) is 1.95. The highest BCUT2D eigenvalue weighted by molar-refractivity contribution is 7.74. The quantitative estimate of drug-likeness (QED) is 0.729. The van der Waals surface area contributed by atoms with Crippen LogP contribution in [0.2, 0.25) is 0 Å². The Hall–Kier alpha value is -2.31. The molecule has 6 heteroatoms. The summed E-state index contributed by atoms with van der Waals surface area (Å²) in [5.41, 5.74) is 1.14. The van der Waals surface area contributed by atoms with Crippen molar-refractivity contribution >= 4 is 22.9 Å². The highest BCUT2D eigenvalue weighted by Gasteiger charge is 2.29. The van der Waals surface area contributed by atoms with E-state index in [0.717, 1.165) is 0 Å². The second-order valence-electron chi connectivity index (χ2n) is 4.21. The second-order valence-corrected chi connectivity index (χ2v) is 4.81. The molecule has 0 aliphatic heterocycles. The number of hydrogen-bond acceptors (Lipinski definition) is 4. The number of hydrogen-bond donors (Lipinski definition) is 1. The Bertz CT molecular complexity index is 766. The molecule has 0 heterocycles. The van der Waals surface area contributed by atoms with E-state index in [0.29, 0.717) is 11.1 Å². The molecular formula is C14H8O5S. The normalized spacial score (nSPS) is 14.4. The number of benzene rings is 2. The van der Waals surface area contributed by atoms with Crippen LogP contribution in [0.1, 0.15) is 31.8 Å². The van der Waals surface area contributed by atoms with Gasteiger partial charge < -0.3 is 4.18 Å². The van der Waals surface area contributed by atoms with Crippen molar-refractivity contribution in [3.8, 4) is 5.75 Å². The fraction of sp³-hybridized carbons (Fsp3) is 0. The first-order valence-corrected chi connectivity index (χ1v) is 6.73. The molecule has 2 aromatic carbocycles. The maximum atomic E-state index is 12.3. The minimum atomic E-state index is -2.48. The molecule has 0 bridgehead atoms. The van der Waals surface area contributed by atoms with Crippen LogP contribution in [-0.2, 0) is 11.4 Å². The van der Waals surface area contributed by atoms with E-state index in [-0.39, 0.29) is 28.4 Å². The molecule has 2 aromatic rings. The van der Waals surface area contributed by atoms with E-state index in [1.165, 1.54) is 18.2 Å². The Morgan fingerprint density at radius 1 is 0.850 bits per heavy atom. The van der Waals surface area contributed by atoms with Gasteiger partial charge in [-0.15, -0.1) is 0 Å². The molecule has 5 nitrogen and oxygen atoms in total. The summed E-state index contributed by atoms with van der Waals surface area (Å²) in [6.07, 6.45) is 0. The van der Waals surface area contributed by atoms with Crippen LogP contribution in [0.15, 0.2) is 42.5 Å². The fourth-order valence-electron chi connectivity index (χ4n) is 2.21. The van der Waals surface area contributed by atoms with Gasteiger partial charge in [0.05, 0.1) is 0 Å². The van der Waals surface area contributed by atoms with Gasteiger partial charge in [-0.1, -0.05) is 24.3 Å². The van der Waals surface area contributed by atoms with Crippen molar-refractivity contribution in [2.45, 2.75) is 0 Å². The first-order valence-electron chi connectivity index (χ1n) is 5.69. The molecular weight excluding hydrogens is 280 g/mol. The maximum Gasteiger partial charge on any atom is 0.357 e. The molecule has 0 spiro atoms. The summed E-state index contributed by atoms with van der Waals surface area (Å²) in [5.74, 6) is -0.485. The molecule has 1 atom stereocenters. The minimum Gasteiger partial charge on any atom is -0.380 e. The number of rotatable bonds is 2. The van der Waals surface area contributed by atoms with Gasteiger partial charge in [0.25, 0.3) is 0 Å². The monoisotopic (exact) mass is 288 g/mol. The topological polar surface area (TPSA) is 80.7 Å². The standard InChI is InChI=1S/C14H8O5S/c15-13-9-3-1-2-4-10(9)14(16)12-7-8(19-20(17)18)5-6-11(12)13/h1-7H,(H,17,18). The summed E-state index contributed by atoms with van der Waals surface area (Å²) in [5, 5.41) is 0. The van der Waals surface area contributed by atoms with E-state index in [1.54, 1.807) is 24.3 Å². The molecule has 20 heavy (non-hydrogen) atoms. The van der Waals surface area contributed by atoms with E-state index in [9.17, 15) is 13.8 Å². The van der Waals surface area contributed by atoms with Gasteiger partial charge in [-0.05, 0) is 18.2 Å². The van der Waals surface area contributed by atoms with E-state index >= 15 is 0 Å². The van der Waals surface area contributed by atoms with Crippen LogP contribution in [0, 0.1) is 0 Å². The molecule has 0 radical (unpaired) electrons. The van der Waals surface area contributed by atoms with Gasteiger partial charge in [0.15, 0.2) is 11.6 Å². The number of fused-ring (bicyclic) bond motifs is 2. The van der Waals surface area contributed by atoms with E-state index < -0.39 is 11.4 Å². The SMILES string of the molecule is O=C1c2ccccc2C(=O)c2cc(OS(=O)O)ccc21. The second kappa shape index (κ2) is 4.66. The molecule has 0 aromatic heterocycles. The zero-order valence-corrected chi connectivity index (χ0v) is 10.8. The fourth-order valence-corrected chi connectivity index (χ4v) is 2.48. The predicted octanol–water partition coefficient (Wildman–Crippen LogP) is 1.98. The van der Waals surface area contributed by atoms with Gasteiger partial charge in [0.1, 0.15) is 5.75 Å². The van der Waals surface area contributed by atoms with Crippen molar-refractivity contribution in [2.75, 3.05) is 0 Å². The van der Waals surface area contributed by atoms with E-state index in [4.69, 9.17) is 4.55 Å². The van der Waals surface area contributed by atoms with Crippen molar-refractivity contribution in [1.29, 1.82) is 0 Å². The predicted molar refractivity (Wildman–Crippen MR) is 71.1 cm³/mol. The van der Waals surface area contributed by atoms with Crippen molar-refractivity contribution in [3.05, 3.63) is 64.7 Å². The Morgan fingerprint density at radius 2 is 1.40 bits per heavy atom. The third-order valence-electron chi connectivity index (χ3n) is 3.06. The van der Waals surface area contributed by atoms with Crippen LogP contribution < -0.4 is 4.18 Å². The molecule has 1 aliphatic rings. The van der Waals surface area contributed by atoms with E-state index in [2.05, 4.69) is 4.18 Å². The lowest BCUT2D eigenvalue weighted by atomic mass is 9.84. The molecule has 1 N–H and O–H groups in total. The summed E-state index contributed by atoms with van der Waals surface area (Å²) in [6.45, 7) is 0. The van der Waals surface area contributed by atoms with Gasteiger partial charge in [0.2, 0.25) is 0 Å². The Balaban J connectivity index is 2.16. The molecule has 1 unspecified atom stereocenters.